The van der Waals surface area contributed by atoms with Gasteiger partial charge in [-0.25, -0.2) is 0 Å². The van der Waals surface area contributed by atoms with Gasteiger partial charge in [0.15, 0.2) is 5.96 Å². The number of rotatable bonds is 8. The Hall–Kier alpha value is -2.40. The number of nitrogens with one attached hydrogen (secondary N) is 1. The van der Waals surface area contributed by atoms with Gasteiger partial charge < -0.3 is 34.4 Å². The first-order valence-electron chi connectivity index (χ1n) is 10.9. The number of hydrogen-bond donors (Lipinski definition) is 2. The molecule has 0 saturated carbocycles. The standard InChI is InChI=1S/C24H34N4O4.HI/c1-5-25-24(26-17-23(29)18-13-21(31-3)16-22(14-18)32-4)28-11-9-27(10-12-28)19-7-6-8-20(15-19)30-2;/h6-8,13-16,23,29H,5,9-12,17H2,1-4H3,(H,25,26);1H. The summed E-state index contributed by atoms with van der Waals surface area (Å²) >= 11 is 0. The Labute approximate surface area is 213 Å². The highest BCUT2D eigenvalue weighted by molar-refractivity contribution is 14.0. The van der Waals surface area contributed by atoms with Gasteiger partial charge in [-0.15, -0.1) is 24.0 Å². The van der Waals surface area contributed by atoms with E-state index >= 15 is 0 Å². The van der Waals surface area contributed by atoms with Crippen molar-refractivity contribution in [1.29, 1.82) is 0 Å². The van der Waals surface area contributed by atoms with Gasteiger partial charge in [-0.2, -0.15) is 0 Å². The third kappa shape index (κ3) is 7.29. The summed E-state index contributed by atoms with van der Waals surface area (Å²) in [7, 11) is 4.88. The van der Waals surface area contributed by atoms with Crippen molar-refractivity contribution in [2.45, 2.75) is 13.0 Å². The highest BCUT2D eigenvalue weighted by Crippen LogP contribution is 2.27. The van der Waals surface area contributed by atoms with E-state index in [0.717, 1.165) is 50.1 Å². The lowest BCUT2D eigenvalue weighted by molar-refractivity contribution is 0.185. The molecule has 2 aromatic carbocycles. The summed E-state index contributed by atoms with van der Waals surface area (Å²) in [6, 6.07) is 13.5. The van der Waals surface area contributed by atoms with E-state index in [0.29, 0.717) is 17.1 Å². The van der Waals surface area contributed by atoms with Crippen LogP contribution >= 0.6 is 24.0 Å². The highest BCUT2D eigenvalue weighted by Gasteiger charge is 2.21. The van der Waals surface area contributed by atoms with Crippen molar-refractivity contribution < 1.29 is 19.3 Å². The van der Waals surface area contributed by atoms with Gasteiger partial charge in [0.2, 0.25) is 0 Å². The third-order valence-electron chi connectivity index (χ3n) is 5.51. The minimum absolute atomic E-state index is 0. The molecule has 0 spiro atoms. The fraction of sp³-hybridized carbons (Fsp3) is 0.458. The minimum Gasteiger partial charge on any atom is -0.497 e. The van der Waals surface area contributed by atoms with Crippen LogP contribution in [0.4, 0.5) is 5.69 Å². The van der Waals surface area contributed by atoms with Crippen molar-refractivity contribution in [3.8, 4) is 17.2 Å². The normalized spacial score (nSPS) is 14.9. The number of nitrogens with zero attached hydrogens (tertiary/aromatic N) is 3. The van der Waals surface area contributed by atoms with Gasteiger partial charge in [0.1, 0.15) is 17.2 Å². The second-order valence-corrected chi connectivity index (χ2v) is 7.53. The Morgan fingerprint density at radius 2 is 1.61 bits per heavy atom. The van der Waals surface area contributed by atoms with Crippen LogP contribution in [-0.4, -0.2) is 76.6 Å². The lowest BCUT2D eigenvalue weighted by Gasteiger charge is -2.37. The number of hydrogen-bond acceptors (Lipinski definition) is 6. The Balaban J connectivity index is 0.00000385. The molecule has 0 aromatic heterocycles. The molecule has 1 aliphatic rings. The second-order valence-electron chi connectivity index (χ2n) is 7.53. The maximum atomic E-state index is 10.7. The van der Waals surface area contributed by atoms with Crippen LogP contribution in [0.15, 0.2) is 47.5 Å². The highest BCUT2D eigenvalue weighted by atomic mass is 127. The number of guanidine groups is 1. The molecule has 1 atom stereocenters. The molecule has 2 N–H and O–H groups in total. The Morgan fingerprint density at radius 3 is 2.18 bits per heavy atom. The molecule has 1 fully saturated rings. The molecule has 9 heteroatoms. The predicted molar refractivity (Wildman–Crippen MR) is 143 cm³/mol. The third-order valence-corrected chi connectivity index (χ3v) is 5.51. The van der Waals surface area contributed by atoms with Gasteiger partial charge in [-0.1, -0.05) is 6.07 Å². The monoisotopic (exact) mass is 570 g/mol. The van der Waals surface area contributed by atoms with E-state index in [1.807, 2.05) is 31.2 Å². The van der Waals surface area contributed by atoms with E-state index in [-0.39, 0.29) is 30.5 Å². The Bertz CT molecular complexity index is 882. The van der Waals surface area contributed by atoms with Crippen molar-refractivity contribution in [2.24, 2.45) is 4.99 Å². The fourth-order valence-corrected chi connectivity index (χ4v) is 3.71. The van der Waals surface area contributed by atoms with Crippen molar-refractivity contribution >= 4 is 35.6 Å². The van der Waals surface area contributed by atoms with Crippen molar-refractivity contribution in [1.82, 2.24) is 10.2 Å². The van der Waals surface area contributed by atoms with Crippen LogP contribution in [0, 0.1) is 0 Å². The summed E-state index contributed by atoms with van der Waals surface area (Å²) in [5.41, 5.74) is 1.87. The number of piperazine rings is 1. The van der Waals surface area contributed by atoms with E-state index in [2.05, 4.69) is 27.2 Å². The zero-order valence-corrected chi connectivity index (χ0v) is 22.1. The number of anilines is 1. The van der Waals surface area contributed by atoms with Gasteiger partial charge in [0, 0.05) is 50.5 Å². The van der Waals surface area contributed by atoms with Crippen LogP contribution in [-0.2, 0) is 0 Å². The number of methoxy groups -OCH3 is 3. The van der Waals surface area contributed by atoms with Crippen LogP contribution in [0.2, 0.25) is 0 Å². The number of aliphatic imine (C=N–C) groups is 1. The average Bonchev–Trinajstić information content (AvgIpc) is 2.86. The van der Waals surface area contributed by atoms with E-state index in [4.69, 9.17) is 19.2 Å². The SMILES string of the molecule is CCNC(=NCC(O)c1cc(OC)cc(OC)c1)N1CCN(c2cccc(OC)c2)CC1.I. The van der Waals surface area contributed by atoms with Crippen molar-refractivity contribution in [3.05, 3.63) is 48.0 Å². The number of halogens is 1. The number of aliphatic hydroxyl groups excluding tert-OH is 1. The summed E-state index contributed by atoms with van der Waals surface area (Å²) in [6.45, 7) is 6.50. The molecule has 0 aliphatic carbocycles. The summed E-state index contributed by atoms with van der Waals surface area (Å²) in [4.78, 5) is 9.29. The molecule has 182 valence electrons. The van der Waals surface area contributed by atoms with Crippen molar-refractivity contribution in [2.75, 3.05) is 65.5 Å². The zero-order chi connectivity index (χ0) is 22.9. The van der Waals surface area contributed by atoms with Gasteiger partial charge in [0.05, 0.1) is 34.0 Å². The van der Waals surface area contributed by atoms with E-state index in [1.54, 1.807) is 27.4 Å². The maximum Gasteiger partial charge on any atom is 0.194 e. The average molecular weight is 570 g/mol. The molecule has 1 unspecified atom stereocenters. The second kappa shape index (κ2) is 13.3. The smallest absolute Gasteiger partial charge is 0.194 e. The van der Waals surface area contributed by atoms with Crippen LogP contribution in [0.25, 0.3) is 0 Å². The van der Waals surface area contributed by atoms with Crippen LogP contribution in [0.3, 0.4) is 0 Å². The molecule has 33 heavy (non-hydrogen) atoms. The molecule has 1 aliphatic heterocycles. The Kier molecular flexibility index (Phi) is 10.9. The number of ether oxygens (including phenoxy) is 3. The lowest BCUT2D eigenvalue weighted by atomic mass is 10.1. The summed E-state index contributed by atoms with van der Waals surface area (Å²) in [6.07, 6.45) is -0.759. The molecule has 0 bridgehead atoms. The summed E-state index contributed by atoms with van der Waals surface area (Å²) < 4.78 is 16.0. The minimum atomic E-state index is -0.759. The summed E-state index contributed by atoms with van der Waals surface area (Å²) in [5, 5.41) is 14.1. The molecule has 1 saturated heterocycles. The predicted octanol–water partition coefficient (Wildman–Crippen LogP) is 3.15. The van der Waals surface area contributed by atoms with Crippen LogP contribution in [0.5, 0.6) is 17.2 Å². The largest absolute Gasteiger partial charge is 0.497 e. The first-order chi connectivity index (χ1) is 15.6. The molecule has 0 amide bonds. The van der Waals surface area contributed by atoms with Gasteiger partial charge in [-0.05, 0) is 36.8 Å². The first-order valence-corrected chi connectivity index (χ1v) is 10.9. The Morgan fingerprint density at radius 1 is 0.970 bits per heavy atom. The number of aliphatic hydroxyl groups is 1. The van der Waals surface area contributed by atoms with Gasteiger partial charge in [0.25, 0.3) is 0 Å². The quantitative estimate of drug-likeness (QED) is 0.287. The molecular weight excluding hydrogens is 535 g/mol. The maximum absolute atomic E-state index is 10.7. The number of benzene rings is 2. The van der Waals surface area contributed by atoms with Crippen LogP contribution < -0.4 is 24.4 Å². The van der Waals surface area contributed by atoms with E-state index in [9.17, 15) is 5.11 Å². The lowest BCUT2D eigenvalue weighted by Crippen LogP contribution is -2.52. The fourth-order valence-electron chi connectivity index (χ4n) is 3.71. The van der Waals surface area contributed by atoms with Crippen LogP contribution in [0.1, 0.15) is 18.6 Å². The summed E-state index contributed by atoms with van der Waals surface area (Å²) in [5.74, 6) is 2.96. The molecule has 8 nitrogen and oxygen atoms in total. The molecular formula is C24H35IN4O4. The van der Waals surface area contributed by atoms with E-state index in [1.165, 1.54) is 0 Å². The molecule has 3 rings (SSSR count). The van der Waals surface area contributed by atoms with E-state index < -0.39 is 6.10 Å². The van der Waals surface area contributed by atoms with Gasteiger partial charge in [-0.3, -0.25) is 4.99 Å². The molecule has 2 aromatic rings. The topological polar surface area (TPSA) is 78.8 Å². The molecule has 0 radical (unpaired) electrons. The molecule has 1 heterocycles. The first kappa shape index (κ1) is 26.8. The van der Waals surface area contributed by atoms with Crippen molar-refractivity contribution in [3.63, 3.8) is 0 Å². The zero-order valence-electron chi connectivity index (χ0n) is 19.8. The van der Waals surface area contributed by atoms with Gasteiger partial charge >= 0.3 is 0 Å².